The van der Waals surface area contributed by atoms with Gasteiger partial charge in [-0.1, -0.05) is 6.07 Å². The van der Waals surface area contributed by atoms with Crippen molar-refractivity contribution in [3.05, 3.63) is 99.1 Å². The van der Waals surface area contributed by atoms with Gasteiger partial charge in [-0.2, -0.15) is 23.4 Å². The number of hydrogen-bond acceptors (Lipinski definition) is 5. The molecule has 2 aromatic carbocycles. The number of hydrogen-bond donors (Lipinski definition) is 1. The predicted molar refractivity (Wildman–Crippen MR) is 119 cm³/mol. The summed E-state index contributed by atoms with van der Waals surface area (Å²) in [6.45, 7) is 3.15. The Morgan fingerprint density at radius 3 is 2.37 bits per heavy atom. The number of nitro groups is 1. The van der Waals surface area contributed by atoms with Gasteiger partial charge in [0.1, 0.15) is 0 Å². The summed E-state index contributed by atoms with van der Waals surface area (Å²) in [5, 5.41) is 21.5. The number of rotatable bonds is 6. The average molecular weight is 484 g/mol. The number of halogens is 3. The van der Waals surface area contributed by atoms with Crippen LogP contribution in [0, 0.1) is 24.0 Å². The highest BCUT2D eigenvalue weighted by molar-refractivity contribution is 5.93. The van der Waals surface area contributed by atoms with Crippen LogP contribution >= 0.6 is 0 Å². The molecule has 4 aromatic rings. The Morgan fingerprint density at radius 2 is 1.77 bits per heavy atom. The molecule has 0 aliphatic heterocycles. The maximum absolute atomic E-state index is 13.8. The minimum Gasteiger partial charge on any atom is -0.348 e. The van der Waals surface area contributed by atoms with Crippen LogP contribution in [0.4, 0.5) is 18.9 Å². The Bertz CT molecular complexity index is 1410. The molecule has 0 unspecified atom stereocenters. The molecule has 0 bridgehead atoms. The van der Waals surface area contributed by atoms with E-state index >= 15 is 0 Å². The van der Waals surface area contributed by atoms with E-state index in [2.05, 4.69) is 15.5 Å². The molecule has 9 nitrogen and oxygen atoms in total. The van der Waals surface area contributed by atoms with Crippen LogP contribution in [-0.2, 0) is 12.7 Å². The summed E-state index contributed by atoms with van der Waals surface area (Å²) in [6, 6.07) is 11.1. The summed E-state index contributed by atoms with van der Waals surface area (Å²) in [7, 11) is 0. The number of non-ortho nitro benzene ring substituents is 1. The van der Waals surface area contributed by atoms with Crippen molar-refractivity contribution in [2.24, 2.45) is 0 Å². The Hall–Kier alpha value is -4.48. The predicted octanol–water partition coefficient (Wildman–Crippen LogP) is 4.53. The number of carbonyl (C=O) groups is 1. The van der Waals surface area contributed by atoms with E-state index in [1.807, 2.05) is 0 Å². The van der Waals surface area contributed by atoms with Gasteiger partial charge in [0.05, 0.1) is 39.3 Å². The molecule has 180 valence electrons. The number of benzene rings is 2. The first kappa shape index (κ1) is 23.7. The smallest absolute Gasteiger partial charge is 0.348 e. The molecule has 0 atom stereocenters. The topological polar surface area (TPSA) is 108 Å². The number of nitrogens with zero attached hydrogens (tertiary/aromatic N) is 5. The first-order chi connectivity index (χ1) is 16.5. The van der Waals surface area contributed by atoms with Crippen molar-refractivity contribution < 1.29 is 22.9 Å². The Balaban J connectivity index is 1.51. The minimum absolute atomic E-state index is 0.0942. The van der Waals surface area contributed by atoms with E-state index in [1.165, 1.54) is 58.2 Å². The van der Waals surface area contributed by atoms with Crippen LogP contribution in [0.25, 0.3) is 11.4 Å². The number of aromatic nitrogens is 4. The summed E-state index contributed by atoms with van der Waals surface area (Å²) in [6.07, 6.45) is -1.99. The van der Waals surface area contributed by atoms with Gasteiger partial charge in [-0.3, -0.25) is 14.9 Å². The van der Waals surface area contributed by atoms with Crippen molar-refractivity contribution in [3.63, 3.8) is 0 Å². The van der Waals surface area contributed by atoms with Crippen molar-refractivity contribution in [1.29, 1.82) is 0 Å². The van der Waals surface area contributed by atoms with E-state index in [-0.39, 0.29) is 29.0 Å². The van der Waals surface area contributed by atoms with Gasteiger partial charge in [0, 0.05) is 30.6 Å². The third-order valence-corrected chi connectivity index (χ3v) is 5.26. The second-order valence-corrected chi connectivity index (χ2v) is 7.81. The van der Waals surface area contributed by atoms with Gasteiger partial charge >= 0.3 is 6.18 Å². The molecule has 0 fully saturated rings. The normalized spacial score (nSPS) is 11.5. The van der Waals surface area contributed by atoms with Crippen LogP contribution in [0.1, 0.15) is 32.9 Å². The number of carbonyl (C=O) groups excluding carboxylic acids is 1. The zero-order chi connectivity index (χ0) is 25.3. The van der Waals surface area contributed by atoms with Crippen LogP contribution in [-0.4, -0.2) is 30.4 Å². The minimum atomic E-state index is -4.63. The van der Waals surface area contributed by atoms with Gasteiger partial charge in [-0.25, -0.2) is 9.36 Å². The highest BCUT2D eigenvalue weighted by atomic mass is 19.4. The highest BCUT2D eigenvalue weighted by Crippen LogP contribution is 2.33. The van der Waals surface area contributed by atoms with Crippen molar-refractivity contribution in [3.8, 4) is 11.4 Å². The molecular formula is C23H19F3N6O3. The summed E-state index contributed by atoms with van der Waals surface area (Å²) in [5.41, 5.74) is 1.18. The maximum atomic E-state index is 13.8. The second-order valence-electron chi connectivity index (χ2n) is 7.81. The van der Waals surface area contributed by atoms with Gasteiger partial charge in [0.2, 0.25) is 0 Å². The molecule has 0 aliphatic carbocycles. The van der Waals surface area contributed by atoms with Gasteiger partial charge in [-0.15, -0.1) is 0 Å². The van der Waals surface area contributed by atoms with E-state index < -0.39 is 22.6 Å². The fourth-order valence-corrected chi connectivity index (χ4v) is 3.59. The van der Waals surface area contributed by atoms with Crippen LogP contribution in [0.5, 0.6) is 0 Å². The van der Waals surface area contributed by atoms with Gasteiger partial charge in [-0.05, 0) is 49.7 Å². The summed E-state index contributed by atoms with van der Waals surface area (Å²) in [4.78, 5) is 22.8. The number of alkyl halides is 3. The monoisotopic (exact) mass is 484 g/mol. The number of amides is 1. The molecule has 12 heteroatoms. The van der Waals surface area contributed by atoms with E-state index in [0.717, 1.165) is 6.07 Å². The van der Waals surface area contributed by atoms with Crippen molar-refractivity contribution in [2.75, 3.05) is 0 Å². The van der Waals surface area contributed by atoms with E-state index in [1.54, 1.807) is 19.9 Å². The molecular weight excluding hydrogens is 465 g/mol. The Morgan fingerprint density at radius 1 is 1.09 bits per heavy atom. The Kier molecular flexibility index (Phi) is 6.12. The van der Waals surface area contributed by atoms with Gasteiger partial charge in [0.15, 0.2) is 0 Å². The third-order valence-electron chi connectivity index (χ3n) is 5.26. The van der Waals surface area contributed by atoms with Crippen LogP contribution < -0.4 is 5.32 Å². The van der Waals surface area contributed by atoms with Gasteiger partial charge < -0.3 is 5.32 Å². The summed E-state index contributed by atoms with van der Waals surface area (Å²) < 4.78 is 44.1. The lowest BCUT2D eigenvalue weighted by Gasteiger charge is -2.15. The van der Waals surface area contributed by atoms with E-state index in [4.69, 9.17) is 0 Å². The van der Waals surface area contributed by atoms with Gasteiger partial charge in [0.25, 0.3) is 11.6 Å². The first-order valence-electron chi connectivity index (χ1n) is 10.3. The SMILES string of the molecule is Cc1cc(C)n(-c2ccc(CNC(=O)c3cnn(-c4ccc([N+](=O)[O-])cc4)c3)c(C(F)(F)F)c2)n1. The maximum Gasteiger partial charge on any atom is 0.416 e. The lowest BCUT2D eigenvalue weighted by molar-refractivity contribution is -0.384. The lowest BCUT2D eigenvalue weighted by atomic mass is 10.1. The first-order valence-corrected chi connectivity index (χ1v) is 10.3. The number of nitro benzene ring substituents is 1. The van der Waals surface area contributed by atoms with Crippen molar-refractivity contribution >= 4 is 11.6 Å². The standard InChI is InChI=1S/C23H19F3N6O3/c1-14-9-15(2)31(29-14)20-4-3-16(21(10-20)23(24,25)26)11-27-22(33)17-12-28-30(13-17)18-5-7-19(8-6-18)32(34)35/h3-10,12-13H,11H2,1-2H3,(H,27,33). The van der Waals surface area contributed by atoms with Crippen molar-refractivity contribution in [1.82, 2.24) is 24.9 Å². The molecule has 0 saturated carbocycles. The highest BCUT2D eigenvalue weighted by Gasteiger charge is 2.34. The van der Waals surface area contributed by atoms with Crippen LogP contribution in [0.3, 0.4) is 0 Å². The second kappa shape index (κ2) is 9.05. The molecule has 2 heterocycles. The molecule has 4 rings (SSSR count). The fourth-order valence-electron chi connectivity index (χ4n) is 3.59. The summed E-state index contributed by atoms with van der Waals surface area (Å²) >= 11 is 0. The molecule has 1 N–H and O–H groups in total. The largest absolute Gasteiger partial charge is 0.416 e. The quantitative estimate of drug-likeness (QED) is 0.320. The number of aryl methyl sites for hydroxylation is 2. The Labute approximate surface area is 197 Å². The van der Waals surface area contributed by atoms with Crippen LogP contribution in [0.15, 0.2) is 60.9 Å². The fraction of sp³-hybridized carbons (Fsp3) is 0.174. The molecule has 35 heavy (non-hydrogen) atoms. The molecule has 0 aliphatic rings. The van der Waals surface area contributed by atoms with E-state index in [9.17, 15) is 28.1 Å². The zero-order valence-electron chi connectivity index (χ0n) is 18.6. The van der Waals surface area contributed by atoms with Crippen LogP contribution in [0.2, 0.25) is 0 Å². The molecule has 1 amide bonds. The summed E-state index contributed by atoms with van der Waals surface area (Å²) in [5.74, 6) is -0.617. The molecule has 0 spiro atoms. The zero-order valence-corrected chi connectivity index (χ0v) is 18.6. The average Bonchev–Trinajstić information content (AvgIpc) is 3.43. The van der Waals surface area contributed by atoms with E-state index in [0.29, 0.717) is 17.1 Å². The lowest BCUT2D eigenvalue weighted by Crippen LogP contribution is -2.24. The third kappa shape index (κ3) is 5.05. The molecule has 0 radical (unpaired) electrons. The number of nitrogens with one attached hydrogen (secondary N) is 1. The van der Waals surface area contributed by atoms with Crippen molar-refractivity contribution in [2.45, 2.75) is 26.6 Å². The molecule has 0 saturated heterocycles. The molecule has 2 aromatic heterocycles.